The van der Waals surface area contributed by atoms with Crippen molar-refractivity contribution in [2.24, 2.45) is 5.92 Å². The number of hydrogen-bond acceptors (Lipinski definition) is 6. The summed E-state index contributed by atoms with van der Waals surface area (Å²) in [6.07, 6.45) is 6.73. The lowest BCUT2D eigenvalue weighted by Crippen LogP contribution is -2.34. The molecule has 130 valence electrons. The van der Waals surface area contributed by atoms with Crippen molar-refractivity contribution in [2.45, 2.75) is 39.3 Å². The number of ether oxygens (including phenoxy) is 1. The van der Waals surface area contributed by atoms with Crippen LogP contribution in [0.2, 0.25) is 0 Å². The fourth-order valence-electron chi connectivity index (χ4n) is 3.23. The molecular weight excluding hydrogens is 308 g/mol. The van der Waals surface area contributed by atoms with Crippen LogP contribution in [0.15, 0.2) is 17.2 Å². The molecular formula is C16H24N6O2. The lowest BCUT2D eigenvalue weighted by molar-refractivity contribution is 0.175. The van der Waals surface area contributed by atoms with Crippen LogP contribution in [0.3, 0.4) is 0 Å². The van der Waals surface area contributed by atoms with Crippen molar-refractivity contribution in [1.29, 1.82) is 0 Å². The highest BCUT2D eigenvalue weighted by molar-refractivity contribution is 5.07. The standard InChI is InChI=1S/C16H24N6O2/c1-3-22-14(19-20-16(22)23)8-12-4-6-21(7-5-12)11-13-9-17-15(24-2)18-10-13/h9-10,12H,3-8,11H2,1-2H3,(H,20,23). The van der Waals surface area contributed by atoms with E-state index in [0.29, 0.717) is 18.5 Å². The second kappa shape index (κ2) is 7.57. The van der Waals surface area contributed by atoms with Gasteiger partial charge in [-0.3, -0.25) is 9.47 Å². The monoisotopic (exact) mass is 332 g/mol. The Morgan fingerprint density at radius 2 is 2.00 bits per heavy atom. The second-order valence-electron chi connectivity index (χ2n) is 6.19. The van der Waals surface area contributed by atoms with Gasteiger partial charge in [0.25, 0.3) is 0 Å². The molecule has 1 fully saturated rings. The molecule has 0 spiro atoms. The molecule has 0 saturated carbocycles. The van der Waals surface area contributed by atoms with E-state index in [0.717, 1.165) is 50.3 Å². The Hall–Kier alpha value is -2.22. The fourth-order valence-corrected chi connectivity index (χ4v) is 3.23. The average molecular weight is 332 g/mol. The van der Waals surface area contributed by atoms with Crippen molar-refractivity contribution < 1.29 is 4.74 Å². The molecule has 0 amide bonds. The summed E-state index contributed by atoms with van der Waals surface area (Å²) in [4.78, 5) is 22.3. The molecule has 1 saturated heterocycles. The summed E-state index contributed by atoms with van der Waals surface area (Å²) >= 11 is 0. The van der Waals surface area contributed by atoms with E-state index in [4.69, 9.17) is 4.74 Å². The summed E-state index contributed by atoms with van der Waals surface area (Å²) in [5, 5.41) is 6.72. The minimum absolute atomic E-state index is 0.107. The maximum Gasteiger partial charge on any atom is 0.343 e. The van der Waals surface area contributed by atoms with Gasteiger partial charge in [-0.05, 0) is 38.8 Å². The van der Waals surface area contributed by atoms with Crippen molar-refractivity contribution >= 4 is 0 Å². The van der Waals surface area contributed by atoms with Gasteiger partial charge in [0.05, 0.1) is 7.11 Å². The van der Waals surface area contributed by atoms with Crippen molar-refractivity contribution in [2.75, 3.05) is 20.2 Å². The van der Waals surface area contributed by atoms with Gasteiger partial charge < -0.3 is 4.74 Å². The summed E-state index contributed by atoms with van der Waals surface area (Å²) in [6, 6.07) is 0.401. The highest BCUT2D eigenvalue weighted by atomic mass is 16.5. The van der Waals surface area contributed by atoms with Crippen molar-refractivity contribution in [3.05, 3.63) is 34.3 Å². The van der Waals surface area contributed by atoms with Crippen LogP contribution < -0.4 is 10.4 Å². The molecule has 0 aromatic carbocycles. The molecule has 0 unspecified atom stereocenters. The third-order valence-electron chi connectivity index (χ3n) is 4.60. The van der Waals surface area contributed by atoms with Gasteiger partial charge in [0, 0.05) is 37.5 Å². The predicted octanol–water partition coefficient (Wildman–Crippen LogP) is 0.845. The number of aromatic nitrogens is 5. The highest BCUT2D eigenvalue weighted by Gasteiger charge is 2.22. The fraction of sp³-hybridized carbons (Fsp3) is 0.625. The number of piperidine rings is 1. The lowest BCUT2D eigenvalue weighted by Gasteiger charge is -2.31. The third-order valence-corrected chi connectivity index (χ3v) is 4.60. The molecule has 8 nitrogen and oxygen atoms in total. The largest absolute Gasteiger partial charge is 0.467 e. The Morgan fingerprint density at radius 1 is 1.29 bits per heavy atom. The quantitative estimate of drug-likeness (QED) is 0.843. The van der Waals surface area contributed by atoms with Crippen LogP contribution >= 0.6 is 0 Å². The van der Waals surface area contributed by atoms with Crippen LogP contribution in [0.25, 0.3) is 0 Å². The Morgan fingerprint density at radius 3 is 2.62 bits per heavy atom. The van der Waals surface area contributed by atoms with Crippen LogP contribution in [0.5, 0.6) is 6.01 Å². The van der Waals surface area contributed by atoms with E-state index in [1.54, 1.807) is 11.7 Å². The Labute approximate surface area is 140 Å². The van der Waals surface area contributed by atoms with Crippen LogP contribution in [0, 0.1) is 5.92 Å². The molecule has 0 radical (unpaired) electrons. The van der Waals surface area contributed by atoms with E-state index >= 15 is 0 Å². The Bertz CT molecular complexity index is 700. The zero-order valence-corrected chi connectivity index (χ0v) is 14.2. The van der Waals surface area contributed by atoms with Gasteiger partial charge >= 0.3 is 11.7 Å². The first-order chi connectivity index (χ1) is 11.7. The maximum absolute atomic E-state index is 11.6. The van der Waals surface area contributed by atoms with Crippen LogP contribution in [-0.4, -0.2) is 49.8 Å². The number of hydrogen-bond donors (Lipinski definition) is 1. The molecule has 2 aromatic rings. The zero-order chi connectivity index (χ0) is 16.9. The Kier molecular flexibility index (Phi) is 5.24. The van der Waals surface area contributed by atoms with E-state index < -0.39 is 0 Å². The lowest BCUT2D eigenvalue weighted by atomic mass is 9.93. The van der Waals surface area contributed by atoms with E-state index in [1.807, 2.05) is 19.3 Å². The van der Waals surface area contributed by atoms with Crippen LogP contribution in [0.4, 0.5) is 0 Å². The SMILES string of the molecule is CCn1c(CC2CCN(Cc3cnc(OC)nc3)CC2)n[nH]c1=O. The first-order valence-electron chi connectivity index (χ1n) is 8.41. The van der Waals surface area contributed by atoms with Gasteiger partial charge in [-0.1, -0.05) is 0 Å². The number of aromatic amines is 1. The van der Waals surface area contributed by atoms with Gasteiger partial charge in [-0.25, -0.2) is 19.9 Å². The van der Waals surface area contributed by atoms with E-state index in [9.17, 15) is 4.79 Å². The topological polar surface area (TPSA) is 88.9 Å². The van der Waals surface area contributed by atoms with Crippen LogP contribution in [-0.2, 0) is 19.5 Å². The third kappa shape index (κ3) is 3.81. The van der Waals surface area contributed by atoms with E-state index in [2.05, 4.69) is 25.1 Å². The number of nitrogens with one attached hydrogen (secondary N) is 1. The summed E-state index contributed by atoms with van der Waals surface area (Å²) < 4.78 is 6.71. The van der Waals surface area contributed by atoms with Gasteiger partial charge in [0.2, 0.25) is 0 Å². The smallest absolute Gasteiger partial charge is 0.343 e. The van der Waals surface area contributed by atoms with Gasteiger partial charge in [0.15, 0.2) is 0 Å². The van der Waals surface area contributed by atoms with Crippen molar-refractivity contribution in [3.8, 4) is 6.01 Å². The second-order valence-corrected chi connectivity index (χ2v) is 6.19. The molecule has 8 heteroatoms. The minimum atomic E-state index is -0.107. The first-order valence-corrected chi connectivity index (χ1v) is 8.41. The van der Waals surface area contributed by atoms with Gasteiger partial charge in [-0.2, -0.15) is 5.10 Å². The number of H-pyrrole nitrogens is 1. The Balaban J connectivity index is 1.51. The van der Waals surface area contributed by atoms with E-state index in [-0.39, 0.29) is 5.69 Å². The highest BCUT2D eigenvalue weighted by Crippen LogP contribution is 2.21. The van der Waals surface area contributed by atoms with Crippen molar-refractivity contribution in [3.63, 3.8) is 0 Å². The molecule has 1 aliphatic rings. The molecule has 0 atom stereocenters. The number of methoxy groups -OCH3 is 1. The minimum Gasteiger partial charge on any atom is -0.467 e. The van der Waals surface area contributed by atoms with Gasteiger partial charge in [0.1, 0.15) is 5.82 Å². The maximum atomic E-state index is 11.6. The normalized spacial score (nSPS) is 16.4. The zero-order valence-electron chi connectivity index (χ0n) is 14.2. The molecule has 2 aromatic heterocycles. The van der Waals surface area contributed by atoms with Crippen LogP contribution in [0.1, 0.15) is 31.2 Å². The molecule has 0 bridgehead atoms. The summed E-state index contributed by atoms with van der Waals surface area (Å²) in [6.45, 7) is 5.58. The molecule has 24 heavy (non-hydrogen) atoms. The molecule has 3 rings (SSSR count). The molecule has 0 aliphatic carbocycles. The summed E-state index contributed by atoms with van der Waals surface area (Å²) in [5.74, 6) is 1.46. The summed E-state index contributed by atoms with van der Waals surface area (Å²) in [5.41, 5.74) is 0.991. The van der Waals surface area contributed by atoms with E-state index in [1.165, 1.54) is 0 Å². The number of likely N-dealkylation sites (tertiary alicyclic amines) is 1. The number of rotatable bonds is 6. The molecule has 3 heterocycles. The van der Waals surface area contributed by atoms with Gasteiger partial charge in [-0.15, -0.1) is 0 Å². The molecule has 1 N–H and O–H groups in total. The first kappa shape index (κ1) is 16.6. The summed E-state index contributed by atoms with van der Waals surface area (Å²) in [7, 11) is 1.57. The predicted molar refractivity (Wildman–Crippen MR) is 88.8 cm³/mol. The molecule has 1 aliphatic heterocycles. The van der Waals surface area contributed by atoms with Crippen molar-refractivity contribution in [1.82, 2.24) is 29.6 Å². The number of nitrogens with zero attached hydrogens (tertiary/aromatic N) is 5. The average Bonchev–Trinajstić information content (AvgIpc) is 2.97.